The molecule has 1 aliphatic rings. The van der Waals surface area contributed by atoms with Crippen LogP contribution in [-0.4, -0.2) is 12.1 Å². The van der Waals surface area contributed by atoms with Gasteiger partial charge in [-0.1, -0.05) is 37.6 Å². The minimum absolute atomic E-state index is 0.00673. The first-order valence-electron chi connectivity index (χ1n) is 9.84. The van der Waals surface area contributed by atoms with Crippen LogP contribution in [0.3, 0.4) is 0 Å². The second-order valence-electron chi connectivity index (χ2n) is 7.13. The summed E-state index contributed by atoms with van der Waals surface area (Å²) in [6, 6.07) is 9.16. The van der Waals surface area contributed by atoms with E-state index in [1.807, 2.05) is 30.3 Å². The summed E-state index contributed by atoms with van der Waals surface area (Å²) >= 11 is 0. The number of benzene rings is 1. The molecule has 144 valence electrons. The monoisotopic (exact) mass is 369 g/mol. The summed E-state index contributed by atoms with van der Waals surface area (Å²) < 4.78 is 18.3. The number of carbonyl (C=O) groups is 1. The molecular weight excluding hydrogens is 341 g/mol. The third-order valence-electron chi connectivity index (χ3n) is 5.02. The van der Waals surface area contributed by atoms with Crippen LogP contribution in [0.4, 0.5) is 4.39 Å². The Morgan fingerprint density at radius 2 is 1.96 bits per heavy atom. The van der Waals surface area contributed by atoms with Gasteiger partial charge in [-0.15, -0.1) is 0 Å². The lowest BCUT2D eigenvalue weighted by Crippen LogP contribution is -2.24. The van der Waals surface area contributed by atoms with Crippen molar-refractivity contribution < 1.29 is 13.9 Å². The molecule has 2 rings (SSSR count). The first-order valence-corrected chi connectivity index (χ1v) is 9.84. The number of rotatable bonds is 8. The molecule has 0 amide bonds. The second kappa shape index (κ2) is 11.3. The van der Waals surface area contributed by atoms with Gasteiger partial charge < -0.3 is 4.74 Å². The summed E-state index contributed by atoms with van der Waals surface area (Å²) in [7, 11) is 0. The van der Waals surface area contributed by atoms with Gasteiger partial charge in [0.05, 0.1) is 5.56 Å². The van der Waals surface area contributed by atoms with Gasteiger partial charge in [0.25, 0.3) is 0 Å². The van der Waals surface area contributed by atoms with Gasteiger partial charge in [0.1, 0.15) is 12.2 Å². The van der Waals surface area contributed by atoms with Gasteiger partial charge in [0, 0.05) is 0 Å². The number of hydrogen-bond acceptors (Lipinski definition) is 3. The SMILES string of the molecule is CCCc1ccc(C(=O)OC2CCC(CCC=CC=C(F)C#N)CC2)cc1. The fourth-order valence-corrected chi connectivity index (χ4v) is 3.47. The number of aryl methyl sites for hydroxylation is 1. The van der Waals surface area contributed by atoms with Crippen molar-refractivity contribution in [3.63, 3.8) is 0 Å². The van der Waals surface area contributed by atoms with E-state index in [4.69, 9.17) is 10.00 Å². The van der Waals surface area contributed by atoms with Crippen LogP contribution in [0, 0.1) is 17.2 Å². The maximum Gasteiger partial charge on any atom is 0.338 e. The average molecular weight is 369 g/mol. The number of carbonyl (C=O) groups excluding carboxylic acids is 1. The lowest BCUT2D eigenvalue weighted by molar-refractivity contribution is 0.0162. The van der Waals surface area contributed by atoms with E-state index in [0.717, 1.165) is 51.4 Å². The predicted molar refractivity (Wildman–Crippen MR) is 105 cm³/mol. The van der Waals surface area contributed by atoms with E-state index in [1.165, 1.54) is 17.7 Å². The van der Waals surface area contributed by atoms with Crippen LogP contribution < -0.4 is 0 Å². The third-order valence-corrected chi connectivity index (χ3v) is 5.02. The van der Waals surface area contributed by atoms with E-state index < -0.39 is 5.83 Å². The van der Waals surface area contributed by atoms with Crippen LogP contribution in [0.25, 0.3) is 0 Å². The van der Waals surface area contributed by atoms with Gasteiger partial charge in [-0.2, -0.15) is 9.65 Å². The molecule has 1 saturated carbocycles. The zero-order valence-electron chi connectivity index (χ0n) is 16.0. The molecule has 0 aromatic heterocycles. The summed E-state index contributed by atoms with van der Waals surface area (Å²) in [6.45, 7) is 2.14. The van der Waals surface area contributed by atoms with Crippen molar-refractivity contribution in [2.75, 3.05) is 0 Å². The minimum Gasteiger partial charge on any atom is -0.459 e. The van der Waals surface area contributed by atoms with Crippen LogP contribution in [0.2, 0.25) is 0 Å². The minimum atomic E-state index is -0.770. The Morgan fingerprint density at radius 3 is 2.59 bits per heavy atom. The molecule has 3 nitrogen and oxygen atoms in total. The van der Waals surface area contributed by atoms with E-state index in [0.29, 0.717) is 11.5 Å². The molecule has 1 aromatic rings. The lowest BCUT2D eigenvalue weighted by Gasteiger charge is -2.28. The largest absolute Gasteiger partial charge is 0.459 e. The summed E-state index contributed by atoms with van der Waals surface area (Å²) in [5, 5.41) is 8.33. The second-order valence-corrected chi connectivity index (χ2v) is 7.13. The molecule has 0 atom stereocenters. The first kappa shape index (κ1) is 20.9. The first-order chi connectivity index (χ1) is 13.1. The lowest BCUT2D eigenvalue weighted by atomic mass is 9.84. The highest BCUT2D eigenvalue weighted by molar-refractivity contribution is 5.89. The van der Waals surface area contributed by atoms with Crippen LogP contribution >= 0.6 is 0 Å². The number of nitrogens with zero attached hydrogens (tertiary/aromatic N) is 1. The van der Waals surface area contributed by atoms with Gasteiger partial charge in [0.15, 0.2) is 5.83 Å². The number of esters is 1. The Bertz CT molecular complexity index is 692. The van der Waals surface area contributed by atoms with Crippen molar-refractivity contribution in [1.82, 2.24) is 0 Å². The normalized spacial score (nSPS) is 20.4. The molecule has 0 spiro atoms. The zero-order valence-corrected chi connectivity index (χ0v) is 16.0. The Morgan fingerprint density at radius 1 is 1.26 bits per heavy atom. The van der Waals surface area contributed by atoms with E-state index in [2.05, 4.69) is 6.92 Å². The average Bonchev–Trinajstić information content (AvgIpc) is 2.69. The van der Waals surface area contributed by atoms with Gasteiger partial charge in [-0.05, 0) is 74.6 Å². The van der Waals surface area contributed by atoms with Crippen molar-refractivity contribution in [1.29, 1.82) is 5.26 Å². The number of halogens is 1. The van der Waals surface area contributed by atoms with E-state index in [9.17, 15) is 9.18 Å². The van der Waals surface area contributed by atoms with Crippen LogP contribution in [0.15, 0.2) is 48.3 Å². The van der Waals surface area contributed by atoms with Crippen LogP contribution in [0.1, 0.15) is 67.8 Å². The maximum absolute atomic E-state index is 12.6. The van der Waals surface area contributed by atoms with Crippen LogP contribution in [0.5, 0.6) is 0 Å². The van der Waals surface area contributed by atoms with Gasteiger partial charge in [-0.25, -0.2) is 4.79 Å². The van der Waals surface area contributed by atoms with E-state index in [1.54, 1.807) is 6.08 Å². The van der Waals surface area contributed by atoms with Crippen molar-refractivity contribution >= 4 is 5.97 Å². The third kappa shape index (κ3) is 7.38. The zero-order chi connectivity index (χ0) is 19.5. The molecule has 0 saturated heterocycles. The fourth-order valence-electron chi connectivity index (χ4n) is 3.47. The predicted octanol–water partition coefficient (Wildman–Crippen LogP) is 6.07. The molecular formula is C23H28FNO2. The number of nitriles is 1. The topological polar surface area (TPSA) is 50.1 Å². The molecule has 0 heterocycles. The molecule has 0 N–H and O–H groups in total. The summed E-state index contributed by atoms with van der Waals surface area (Å²) in [4.78, 5) is 12.3. The van der Waals surface area contributed by atoms with Crippen LogP contribution in [-0.2, 0) is 11.2 Å². The molecule has 0 radical (unpaired) electrons. The standard InChI is InChI=1S/C23H28FNO2/c1-2-6-18-9-13-20(14-10-18)23(26)27-22-15-11-19(12-16-22)7-4-3-5-8-21(24)17-25/h3,5,8-10,13-14,19,22H,2,4,6-7,11-12,15-16H2,1H3. The maximum atomic E-state index is 12.6. The Hall–Kier alpha value is -2.41. The Kier molecular flexibility index (Phi) is 8.77. The summed E-state index contributed by atoms with van der Waals surface area (Å²) in [5.41, 5.74) is 1.87. The molecule has 27 heavy (non-hydrogen) atoms. The molecule has 0 aliphatic heterocycles. The Labute approximate surface area is 161 Å². The number of ether oxygens (including phenoxy) is 1. The highest BCUT2D eigenvalue weighted by Crippen LogP contribution is 2.30. The van der Waals surface area contributed by atoms with Crippen molar-refractivity contribution in [3.05, 3.63) is 59.4 Å². The number of hydrogen-bond donors (Lipinski definition) is 0. The van der Waals surface area contributed by atoms with Gasteiger partial charge in [0.2, 0.25) is 0 Å². The number of allylic oxidation sites excluding steroid dienone is 4. The molecule has 0 unspecified atom stereocenters. The van der Waals surface area contributed by atoms with E-state index >= 15 is 0 Å². The van der Waals surface area contributed by atoms with Crippen molar-refractivity contribution in [2.24, 2.45) is 5.92 Å². The Balaban J connectivity index is 1.69. The molecule has 1 fully saturated rings. The van der Waals surface area contributed by atoms with Gasteiger partial charge in [-0.3, -0.25) is 0 Å². The summed E-state index contributed by atoms with van der Waals surface area (Å²) in [5.74, 6) is -0.382. The quantitative estimate of drug-likeness (QED) is 0.317. The van der Waals surface area contributed by atoms with Crippen molar-refractivity contribution in [3.8, 4) is 6.07 Å². The smallest absolute Gasteiger partial charge is 0.338 e. The molecule has 4 heteroatoms. The molecule has 1 aliphatic carbocycles. The fraction of sp³-hybridized carbons (Fsp3) is 0.478. The molecule has 1 aromatic carbocycles. The van der Waals surface area contributed by atoms with Crippen molar-refractivity contribution in [2.45, 2.75) is 64.4 Å². The highest BCUT2D eigenvalue weighted by Gasteiger charge is 2.23. The highest BCUT2D eigenvalue weighted by atomic mass is 19.1. The summed E-state index contributed by atoms with van der Waals surface area (Å²) in [6.07, 6.45) is 12.6. The van der Waals surface area contributed by atoms with E-state index in [-0.39, 0.29) is 12.1 Å². The molecule has 0 bridgehead atoms. The van der Waals surface area contributed by atoms with Gasteiger partial charge >= 0.3 is 5.97 Å².